The van der Waals surface area contributed by atoms with Crippen molar-refractivity contribution in [2.45, 2.75) is 59.2 Å². The molecule has 0 rings (SSSR count). The van der Waals surface area contributed by atoms with Crippen LogP contribution in [0.15, 0.2) is 0 Å². The molecule has 17 heavy (non-hydrogen) atoms. The van der Waals surface area contributed by atoms with E-state index in [0.717, 1.165) is 12.8 Å². The van der Waals surface area contributed by atoms with Crippen LogP contribution in [0, 0.1) is 5.92 Å². The van der Waals surface area contributed by atoms with Crippen LogP contribution in [0.2, 0.25) is 0 Å². The van der Waals surface area contributed by atoms with Gasteiger partial charge in [0.15, 0.2) is 0 Å². The quantitative estimate of drug-likeness (QED) is 0.638. The Hall–Kier alpha value is -0.610. The molecular formula is C13H28N2O2. The lowest BCUT2D eigenvalue weighted by molar-refractivity contribution is -0.122. The third-order valence-electron chi connectivity index (χ3n) is 3.54. The van der Waals surface area contributed by atoms with Crippen molar-refractivity contribution in [3.05, 3.63) is 0 Å². The summed E-state index contributed by atoms with van der Waals surface area (Å²) in [6, 6.07) is 0.304. The minimum atomic E-state index is -0.611. The molecule has 0 spiro atoms. The SMILES string of the molecule is CCCC(=O)NCC(O)N(C)C(C)C(C)CC. The number of hydrogen-bond donors (Lipinski definition) is 2. The molecule has 1 amide bonds. The minimum absolute atomic E-state index is 0.0103. The number of nitrogens with zero attached hydrogens (tertiary/aromatic N) is 1. The van der Waals surface area contributed by atoms with Crippen molar-refractivity contribution in [2.24, 2.45) is 5.92 Å². The van der Waals surface area contributed by atoms with Crippen LogP contribution in [-0.4, -0.2) is 41.8 Å². The largest absolute Gasteiger partial charge is 0.377 e. The van der Waals surface area contributed by atoms with Gasteiger partial charge in [-0.2, -0.15) is 0 Å². The molecule has 0 aromatic carbocycles. The average Bonchev–Trinajstić information content (AvgIpc) is 2.33. The molecule has 0 bridgehead atoms. The summed E-state index contributed by atoms with van der Waals surface area (Å²) in [7, 11) is 1.90. The summed E-state index contributed by atoms with van der Waals surface area (Å²) in [6.45, 7) is 8.68. The van der Waals surface area contributed by atoms with E-state index in [1.54, 1.807) is 0 Å². The van der Waals surface area contributed by atoms with E-state index in [0.29, 0.717) is 24.9 Å². The summed E-state index contributed by atoms with van der Waals surface area (Å²) in [6.07, 6.45) is 1.83. The lowest BCUT2D eigenvalue weighted by atomic mass is 9.99. The molecule has 0 aromatic rings. The van der Waals surface area contributed by atoms with E-state index in [9.17, 15) is 9.90 Å². The number of aliphatic hydroxyl groups excluding tert-OH is 1. The molecule has 2 N–H and O–H groups in total. The molecule has 0 aromatic heterocycles. The van der Waals surface area contributed by atoms with Crippen molar-refractivity contribution >= 4 is 5.91 Å². The third kappa shape index (κ3) is 6.03. The Morgan fingerprint density at radius 1 is 1.35 bits per heavy atom. The second-order valence-corrected chi connectivity index (χ2v) is 4.83. The molecule has 0 aliphatic rings. The van der Waals surface area contributed by atoms with Gasteiger partial charge >= 0.3 is 0 Å². The summed E-state index contributed by atoms with van der Waals surface area (Å²) in [5.74, 6) is 0.539. The summed E-state index contributed by atoms with van der Waals surface area (Å²) >= 11 is 0. The summed E-state index contributed by atoms with van der Waals surface area (Å²) in [4.78, 5) is 13.2. The molecule has 0 saturated carbocycles. The lowest BCUT2D eigenvalue weighted by Crippen LogP contribution is -2.47. The minimum Gasteiger partial charge on any atom is -0.377 e. The number of amides is 1. The fourth-order valence-electron chi connectivity index (χ4n) is 1.68. The Labute approximate surface area is 105 Å². The first kappa shape index (κ1) is 16.4. The van der Waals surface area contributed by atoms with Gasteiger partial charge in [0.25, 0.3) is 0 Å². The van der Waals surface area contributed by atoms with Crippen LogP contribution in [0.1, 0.15) is 47.0 Å². The predicted molar refractivity (Wildman–Crippen MR) is 70.6 cm³/mol. The van der Waals surface area contributed by atoms with Crippen LogP contribution < -0.4 is 5.32 Å². The van der Waals surface area contributed by atoms with Gasteiger partial charge in [-0.25, -0.2) is 0 Å². The average molecular weight is 244 g/mol. The number of carbonyl (C=O) groups is 1. The lowest BCUT2D eigenvalue weighted by Gasteiger charge is -2.33. The fraction of sp³-hybridized carbons (Fsp3) is 0.923. The maximum absolute atomic E-state index is 11.3. The highest BCUT2D eigenvalue weighted by molar-refractivity contribution is 5.75. The number of hydrogen-bond acceptors (Lipinski definition) is 3. The summed E-state index contributed by atoms with van der Waals surface area (Å²) in [5.41, 5.74) is 0. The Morgan fingerprint density at radius 2 is 1.94 bits per heavy atom. The Kier molecular flexibility index (Phi) is 8.17. The zero-order valence-corrected chi connectivity index (χ0v) is 11.9. The second kappa shape index (κ2) is 8.48. The highest BCUT2D eigenvalue weighted by atomic mass is 16.3. The third-order valence-corrected chi connectivity index (χ3v) is 3.54. The van der Waals surface area contributed by atoms with Crippen molar-refractivity contribution in [1.29, 1.82) is 0 Å². The van der Waals surface area contributed by atoms with Crippen molar-refractivity contribution in [2.75, 3.05) is 13.6 Å². The normalized spacial score (nSPS) is 16.6. The molecular weight excluding hydrogens is 216 g/mol. The van der Waals surface area contributed by atoms with E-state index < -0.39 is 6.23 Å². The first-order valence-corrected chi connectivity index (χ1v) is 6.60. The van der Waals surface area contributed by atoms with Gasteiger partial charge in [0, 0.05) is 12.5 Å². The highest BCUT2D eigenvalue weighted by Gasteiger charge is 2.21. The molecule has 0 aliphatic heterocycles. The molecule has 102 valence electrons. The van der Waals surface area contributed by atoms with E-state index in [4.69, 9.17) is 0 Å². The molecule has 0 saturated heterocycles. The molecule has 0 heterocycles. The Balaban J connectivity index is 4.04. The first-order chi connectivity index (χ1) is 7.93. The van der Waals surface area contributed by atoms with E-state index in [1.807, 2.05) is 18.9 Å². The Morgan fingerprint density at radius 3 is 2.41 bits per heavy atom. The van der Waals surface area contributed by atoms with Crippen molar-refractivity contribution in [1.82, 2.24) is 10.2 Å². The van der Waals surface area contributed by atoms with Crippen molar-refractivity contribution in [3.8, 4) is 0 Å². The molecule has 0 aliphatic carbocycles. The van der Waals surface area contributed by atoms with Gasteiger partial charge in [-0.3, -0.25) is 9.69 Å². The number of rotatable bonds is 8. The topological polar surface area (TPSA) is 52.6 Å². The highest BCUT2D eigenvalue weighted by Crippen LogP contribution is 2.13. The van der Waals surface area contributed by atoms with Crippen LogP contribution in [-0.2, 0) is 4.79 Å². The van der Waals surface area contributed by atoms with Gasteiger partial charge in [-0.1, -0.05) is 27.2 Å². The van der Waals surface area contributed by atoms with Crippen molar-refractivity contribution in [3.63, 3.8) is 0 Å². The van der Waals surface area contributed by atoms with E-state index in [2.05, 4.69) is 26.1 Å². The van der Waals surface area contributed by atoms with E-state index in [-0.39, 0.29) is 5.91 Å². The van der Waals surface area contributed by atoms with Crippen LogP contribution in [0.3, 0.4) is 0 Å². The van der Waals surface area contributed by atoms with Crippen LogP contribution in [0.5, 0.6) is 0 Å². The van der Waals surface area contributed by atoms with Gasteiger partial charge in [0.2, 0.25) is 5.91 Å². The monoisotopic (exact) mass is 244 g/mol. The predicted octanol–water partition coefficient (Wildman–Crippen LogP) is 1.59. The molecule has 4 heteroatoms. The summed E-state index contributed by atoms with van der Waals surface area (Å²) in [5, 5.41) is 12.7. The van der Waals surface area contributed by atoms with Gasteiger partial charge in [-0.05, 0) is 26.3 Å². The number of aliphatic hydroxyl groups is 1. The maximum atomic E-state index is 11.3. The van der Waals surface area contributed by atoms with Crippen molar-refractivity contribution < 1.29 is 9.90 Å². The zero-order chi connectivity index (χ0) is 13.4. The zero-order valence-electron chi connectivity index (χ0n) is 11.9. The molecule has 3 unspecified atom stereocenters. The number of likely N-dealkylation sites (N-methyl/N-ethyl adjacent to an activating group) is 1. The summed E-state index contributed by atoms with van der Waals surface area (Å²) < 4.78 is 0. The first-order valence-electron chi connectivity index (χ1n) is 6.60. The molecule has 3 atom stereocenters. The molecule has 4 nitrogen and oxygen atoms in total. The van der Waals surface area contributed by atoms with Crippen LogP contribution in [0.4, 0.5) is 0 Å². The van der Waals surface area contributed by atoms with Crippen LogP contribution >= 0.6 is 0 Å². The fourth-order valence-corrected chi connectivity index (χ4v) is 1.68. The van der Waals surface area contributed by atoms with Gasteiger partial charge in [0.1, 0.15) is 6.23 Å². The standard InChI is InChI=1S/C13H28N2O2/c1-6-8-12(16)14-9-13(17)15(5)11(4)10(3)7-2/h10-11,13,17H,6-9H2,1-5H3,(H,14,16). The number of nitrogens with one attached hydrogen (secondary N) is 1. The molecule has 0 radical (unpaired) electrons. The van der Waals surface area contributed by atoms with E-state index >= 15 is 0 Å². The van der Waals surface area contributed by atoms with E-state index in [1.165, 1.54) is 0 Å². The van der Waals surface area contributed by atoms with Gasteiger partial charge < -0.3 is 10.4 Å². The second-order valence-electron chi connectivity index (χ2n) is 4.83. The van der Waals surface area contributed by atoms with Gasteiger partial charge in [-0.15, -0.1) is 0 Å². The van der Waals surface area contributed by atoms with Gasteiger partial charge in [0.05, 0.1) is 6.54 Å². The smallest absolute Gasteiger partial charge is 0.220 e. The molecule has 0 fully saturated rings. The Bertz CT molecular complexity index is 221. The number of carbonyl (C=O) groups excluding carboxylic acids is 1. The van der Waals surface area contributed by atoms with Crippen LogP contribution in [0.25, 0.3) is 0 Å². The maximum Gasteiger partial charge on any atom is 0.220 e.